The van der Waals surface area contributed by atoms with E-state index < -0.39 is 0 Å². The Bertz CT molecular complexity index is 493. The fourth-order valence-corrected chi connectivity index (χ4v) is 4.28. The SMILES string of the molecule is C[C@H]1CN2CCCC2CN1CC1NNNC1c1ccccc1. The maximum Gasteiger partial charge on any atom is 0.0655 e. The third-order valence-corrected chi connectivity index (χ3v) is 5.54. The van der Waals surface area contributed by atoms with Crippen LogP contribution in [0, 0.1) is 0 Å². The lowest BCUT2D eigenvalue weighted by Crippen LogP contribution is -2.57. The molecule has 4 atom stereocenters. The highest BCUT2D eigenvalue weighted by Crippen LogP contribution is 2.26. The molecule has 0 aliphatic carbocycles. The Morgan fingerprint density at radius 2 is 2.00 bits per heavy atom. The Labute approximate surface area is 133 Å². The van der Waals surface area contributed by atoms with Crippen LogP contribution in [0.4, 0.5) is 0 Å². The van der Waals surface area contributed by atoms with E-state index in [0.717, 1.165) is 12.6 Å². The van der Waals surface area contributed by atoms with Gasteiger partial charge in [0.25, 0.3) is 0 Å². The zero-order valence-corrected chi connectivity index (χ0v) is 13.3. The smallest absolute Gasteiger partial charge is 0.0655 e. The van der Waals surface area contributed by atoms with Gasteiger partial charge in [-0.15, -0.1) is 0 Å². The lowest BCUT2D eigenvalue weighted by Gasteiger charge is -2.43. The van der Waals surface area contributed by atoms with Crippen molar-refractivity contribution in [2.24, 2.45) is 0 Å². The Kier molecular flexibility index (Phi) is 4.15. The summed E-state index contributed by atoms with van der Waals surface area (Å²) in [5, 5.41) is 0. The van der Waals surface area contributed by atoms with Crippen LogP contribution >= 0.6 is 0 Å². The van der Waals surface area contributed by atoms with Crippen LogP contribution in [0.2, 0.25) is 0 Å². The molecule has 0 spiro atoms. The summed E-state index contributed by atoms with van der Waals surface area (Å²) in [5.41, 5.74) is 11.3. The monoisotopic (exact) mass is 301 g/mol. The first-order valence-electron chi connectivity index (χ1n) is 8.60. The van der Waals surface area contributed by atoms with Crippen LogP contribution in [0.1, 0.15) is 31.4 Å². The molecule has 0 bridgehead atoms. The van der Waals surface area contributed by atoms with Crippen LogP contribution in [0.15, 0.2) is 30.3 Å². The Morgan fingerprint density at radius 3 is 2.86 bits per heavy atom. The second-order valence-corrected chi connectivity index (χ2v) is 7.00. The van der Waals surface area contributed by atoms with E-state index in [1.165, 1.54) is 38.0 Å². The minimum atomic E-state index is 0.329. The molecule has 5 nitrogen and oxygen atoms in total. The average Bonchev–Trinajstić information content (AvgIpc) is 3.17. The first-order valence-corrected chi connectivity index (χ1v) is 8.60. The van der Waals surface area contributed by atoms with Gasteiger partial charge in [-0.1, -0.05) is 30.3 Å². The first kappa shape index (κ1) is 14.6. The van der Waals surface area contributed by atoms with E-state index in [0.29, 0.717) is 18.1 Å². The first-order chi connectivity index (χ1) is 10.8. The van der Waals surface area contributed by atoms with E-state index >= 15 is 0 Å². The summed E-state index contributed by atoms with van der Waals surface area (Å²) in [4.78, 5) is 5.36. The summed E-state index contributed by atoms with van der Waals surface area (Å²) in [7, 11) is 0. The molecule has 3 saturated heterocycles. The molecule has 4 rings (SSSR count). The molecule has 0 amide bonds. The fourth-order valence-electron chi connectivity index (χ4n) is 4.28. The lowest BCUT2D eigenvalue weighted by molar-refractivity contribution is 0.0522. The quantitative estimate of drug-likeness (QED) is 0.773. The van der Waals surface area contributed by atoms with Gasteiger partial charge in [-0.25, -0.2) is 10.9 Å². The Balaban J connectivity index is 1.43. The van der Waals surface area contributed by atoms with Crippen molar-refractivity contribution < 1.29 is 0 Å². The largest absolute Gasteiger partial charge is 0.298 e. The summed E-state index contributed by atoms with van der Waals surface area (Å²) in [5.74, 6) is 0. The van der Waals surface area contributed by atoms with Crippen molar-refractivity contribution in [3.63, 3.8) is 0 Å². The molecule has 5 heteroatoms. The highest BCUT2D eigenvalue weighted by atomic mass is 15.7. The molecule has 0 saturated carbocycles. The number of benzene rings is 1. The molecule has 120 valence electrons. The zero-order chi connectivity index (χ0) is 14.9. The van der Waals surface area contributed by atoms with E-state index in [9.17, 15) is 0 Å². The minimum absolute atomic E-state index is 0.329. The average molecular weight is 301 g/mol. The fraction of sp³-hybridized carbons (Fsp3) is 0.647. The number of hydrogen-bond acceptors (Lipinski definition) is 5. The summed E-state index contributed by atoms with van der Waals surface area (Å²) in [6, 6.07) is 12.9. The summed E-state index contributed by atoms with van der Waals surface area (Å²) in [6.45, 7) is 7.22. The van der Waals surface area contributed by atoms with Gasteiger partial charge >= 0.3 is 0 Å². The normalized spacial score (nSPS) is 36.6. The number of rotatable bonds is 3. The van der Waals surface area contributed by atoms with E-state index in [-0.39, 0.29) is 0 Å². The zero-order valence-electron chi connectivity index (χ0n) is 13.3. The molecule has 1 aromatic carbocycles. The van der Waals surface area contributed by atoms with Gasteiger partial charge in [0.1, 0.15) is 0 Å². The molecule has 22 heavy (non-hydrogen) atoms. The van der Waals surface area contributed by atoms with Crippen LogP contribution in [-0.4, -0.2) is 54.1 Å². The van der Waals surface area contributed by atoms with Gasteiger partial charge in [-0.3, -0.25) is 9.80 Å². The van der Waals surface area contributed by atoms with Crippen molar-refractivity contribution in [2.75, 3.05) is 26.2 Å². The van der Waals surface area contributed by atoms with Crippen LogP contribution in [0.3, 0.4) is 0 Å². The summed E-state index contributed by atoms with van der Waals surface area (Å²) < 4.78 is 0. The van der Waals surface area contributed by atoms with Crippen molar-refractivity contribution in [1.82, 2.24) is 26.2 Å². The predicted octanol–water partition coefficient (Wildman–Crippen LogP) is 0.877. The molecule has 3 N–H and O–H groups in total. The number of piperazine rings is 1. The maximum atomic E-state index is 3.42. The highest BCUT2D eigenvalue weighted by molar-refractivity contribution is 5.21. The van der Waals surface area contributed by atoms with Gasteiger partial charge in [0, 0.05) is 31.7 Å². The lowest BCUT2D eigenvalue weighted by atomic mass is 9.99. The molecular formula is C17H27N5. The van der Waals surface area contributed by atoms with Gasteiger partial charge in [0.2, 0.25) is 0 Å². The Morgan fingerprint density at radius 1 is 1.14 bits per heavy atom. The second kappa shape index (κ2) is 6.26. The second-order valence-electron chi connectivity index (χ2n) is 7.00. The molecule has 1 aromatic rings. The van der Waals surface area contributed by atoms with Gasteiger partial charge in [0.15, 0.2) is 0 Å². The van der Waals surface area contributed by atoms with Gasteiger partial charge < -0.3 is 0 Å². The number of hydrogen-bond donors (Lipinski definition) is 3. The number of nitrogens with zero attached hydrogens (tertiary/aromatic N) is 2. The van der Waals surface area contributed by atoms with Crippen LogP contribution in [-0.2, 0) is 0 Å². The Hall–Kier alpha value is -0.980. The third-order valence-electron chi connectivity index (χ3n) is 5.54. The van der Waals surface area contributed by atoms with Gasteiger partial charge in [0.05, 0.1) is 12.1 Å². The van der Waals surface area contributed by atoms with Crippen LogP contribution in [0.25, 0.3) is 0 Å². The van der Waals surface area contributed by atoms with E-state index in [2.05, 4.69) is 63.4 Å². The molecule has 3 aliphatic rings. The number of hydrazine groups is 2. The number of fused-ring (bicyclic) bond motifs is 1. The molecular weight excluding hydrogens is 274 g/mol. The van der Waals surface area contributed by atoms with Crippen molar-refractivity contribution in [2.45, 2.75) is 43.9 Å². The minimum Gasteiger partial charge on any atom is -0.298 e. The predicted molar refractivity (Wildman–Crippen MR) is 88.0 cm³/mol. The summed E-state index contributed by atoms with van der Waals surface area (Å²) in [6.07, 6.45) is 2.75. The van der Waals surface area contributed by atoms with Crippen molar-refractivity contribution >= 4 is 0 Å². The highest BCUT2D eigenvalue weighted by Gasteiger charge is 2.37. The van der Waals surface area contributed by atoms with E-state index in [1.54, 1.807) is 0 Å². The topological polar surface area (TPSA) is 42.6 Å². The van der Waals surface area contributed by atoms with Crippen molar-refractivity contribution in [3.8, 4) is 0 Å². The van der Waals surface area contributed by atoms with E-state index in [1.807, 2.05) is 0 Å². The van der Waals surface area contributed by atoms with Gasteiger partial charge in [-0.05, 0) is 31.9 Å². The van der Waals surface area contributed by atoms with Crippen molar-refractivity contribution in [3.05, 3.63) is 35.9 Å². The molecule has 3 aliphatic heterocycles. The maximum absolute atomic E-state index is 3.42. The molecule has 3 unspecified atom stereocenters. The standard InChI is InChI=1S/C17H27N5/c1-13-10-21-9-5-8-15(21)11-22(13)12-16-17(19-20-18-16)14-6-3-2-4-7-14/h2-4,6-7,13,15-20H,5,8-12H2,1H3/t13-,15?,16?,17?/m0/s1. The van der Waals surface area contributed by atoms with E-state index in [4.69, 9.17) is 0 Å². The molecule has 0 radical (unpaired) electrons. The summed E-state index contributed by atoms with van der Waals surface area (Å²) >= 11 is 0. The van der Waals surface area contributed by atoms with Crippen LogP contribution < -0.4 is 16.4 Å². The van der Waals surface area contributed by atoms with Crippen LogP contribution in [0.5, 0.6) is 0 Å². The molecule has 3 fully saturated rings. The van der Waals surface area contributed by atoms with Crippen molar-refractivity contribution in [1.29, 1.82) is 0 Å². The third kappa shape index (κ3) is 2.79. The molecule has 0 aromatic heterocycles. The van der Waals surface area contributed by atoms with Gasteiger partial charge in [-0.2, -0.15) is 5.53 Å². The molecule has 3 heterocycles. The number of nitrogens with one attached hydrogen (secondary N) is 3.